The Labute approximate surface area is 161 Å². The average molecular weight is 374 g/mol. The third kappa shape index (κ3) is 6.03. The summed E-state index contributed by atoms with van der Waals surface area (Å²) in [6, 6.07) is 11.1. The fourth-order valence-corrected chi connectivity index (χ4v) is 4.13. The number of thiophene rings is 1. The number of rotatable bonds is 8. The molecule has 1 heterocycles. The van der Waals surface area contributed by atoms with Crippen LogP contribution < -0.4 is 14.8 Å². The van der Waals surface area contributed by atoms with Crippen molar-refractivity contribution in [2.75, 3.05) is 6.61 Å². The molecule has 1 saturated carbocycles. The van der Waals surface area contributed by atoms with Crippen molar-refractivity contribution in [3.63, 3.8) is 0 Å². The largest absolute Gasteiger partial charge is 0.490 e. The van der Waals surface area contributed by atoms with Gasteiger partial charge >= 0.3 is 0 Å². The Bertz CT molecular complexity index is 634. The highest BCUT2D eigenvalue weighted by atomic mass is 32.1. The van der Waals surface area contributed by atoms with E-state index in [1.807, 2.05) is 13.0 Å². The maximum atomic E-state index is 5.98. The summed E-state index contributed by atoms with van der Waals surface area (Å²) in [6.07, 6.45) is 9.53. The summed E-state index contributed by atoms with van der Waals surface area (Å²) >= 11 is 1.72. The van der Waals surface area contributed by atoms with Crippen molar-refractivity contribution in [2.24, 2.45) is 0 Å². The van der Waals surface area contributed by atoms with Gasteiger partial charge in [-0.3, -0.25) is 0 Å². The average Bonchev–Trinajstić information content (AvgIpc) is 3.14. The molecule has 0 spiro atoms. The Morgan fingerprint density at radius 2 is 1.81 bits per heavy atom. The summed E-state index contributed by atoms with van der Waals surface area (Å²) in [5.74, 6) is 1.68. The molecule has 3 rings (SSSR count). The van der Waals surface area contributed by atoms with Gasteiger partial charge in [0.15, 0.2) is 11.5 Å². The van der Waals surface area contributed by atoms with E-state index in [0.29, 0.717) is 19.3 Å². The maximum Gasteiger partial charge on any atom is 0.161 e. The van der Waals surface area contributed by atoms with Gasteiger partial charge in [0.25, 0.3) is 0 Å². The van der Waals surface area contributed by atoms with Crippen LogP contribution in [0.25, 0.3) is 0 Å². The predicted molar refractivity (Wildman–Crippen MR) is 109 cm³/mol. The number of benzene rings is 1. The topological polar surface area (TPSA) is 30.5 Å². The molecule has 0 saturated heterocycles. The molecule has 0 atom stereocenters. The van der Waals surface area contributed by atoms with Crippen LogP contribution in [0.2, 0.25) is 0 Å². The molecule has 1 aliphatic rings. The summed E-state index contributed by atoms with van der Waals surface area (Å²) < 4.78 is 11.8. The summed E-state index contributed by atoms with van der Waals surface area (Å²) in [5, 5.41) is 5.83. The Hall–Kier alpha value is -1.52. The molecule has 26 heavy (non-hydrogen) atoms. The van der Waals surface area contributed by atoms with E-state index in [2.05, 4.69) is 35.0 Å². The van der Waals surface area contributed by atoms with Crippen LogP contribution in [-0.2, 0) is 13.2 Å². The van der Waals surface area contributed by atoms with Crippen LogP contribution >= 0.6 is 11.3 Å². The first kappa shape index (κ1) is 19.2. The lowest BCUT2D eigenvalue weighted by atomic mass is 9.96. The molecule has 1 N–H and O–H groups in total. The quantitative estimate of drug-likeness (QED) is 0.622. The van der Waals surface area contributed by atoms with Gasteiger partial charge in [-0.1, -0.05) is 44.2 Å². The van der Waals surface area contributed by atoms with Gasteiger partial charge < -0.3 is 14.8 Å². The van der Waals surface area contributed by atoms with Crippen LogP contribution in [-0.4, -0.2) is 12.6 Å². The second-order valence-electron chi connectivity index (χ2n) is 7.01. The minimum Gasteiger partial charge on any atom is -0.490 e. The number of ether oxygens (including phenoxy) is 2. The first-order chi connectivity index (χ1) is 12.8. The van der Waals surface area contributed by atoms with Crippen molar-refractivity contribution < 1.29 is 9.47 Å². The molecule has 4 heteroatoms. The molecule has 0 unspecified atom stereocenters. The molecule has 3 nitrogen and oxygen atoms in total. The number of nitrogens with one attached hydrogen (secondary N) is 1. The van der Waals surface area contributed by atoms with Crippen molar-refractivity contribution in [3.8, 4) is 11.5 Å². The van der Waals surface area contributed by atoms with Crippen LogP contribution in [0.5, 0.6) is 11.5 Å². The zero-order chi connectivity index (χ0) is 18.0. The molecular weight excluding hydrogens is 342 g/mol. The van der Waals surface area contributed by atoms with E-state index in [4.69, 9.17) is 9.47 Å². The van der Waals surface area contributed by atoms with E-state index < -0.39 is 0 Å². The van der Waals surface area contributed by atoms with Gasteiger partial charge in [-0.25, -0.2) is 0 Å². The van der Waals surface area contributed by atoms with Crippen molar-refractivity contribution in [3.05, 3.63) is 46.2 Å². The SMILES string of the molecule is CCOc1cc(CNC2CCCCCCC2)ccc1OCc1cccs1. The molecule has 1 aromatic heterocycles. The molecular formula is C22H31NO2S. The van der Waals surface area contributed by atoms with E-state index in [1.165, 1.54) is 55.4 Å². The standard InChI is InChI=1S/C22H31NO2S/c1-2-24-22-15-18(16-23-19-9-6-4-3-5-7-10-19)12-13-21(22)25-17-20-11-8-14-26-20/h8,11-15,19,23H,2-7,9-10,16-17H2,1H3. The maximum absolute atomic E-state index is 5.98. The highest BCUT2D eigenvalue weighted by molar-refractivity contribution is 7.09. The van der Waals surface area contributed by atoms with E-state index in [-0.39, 0.29) is 0 Å². The number of hydrogen-bond donors (Lipinski definition) is 1. The summed E-state index contributed by atoms with van der Waals surface area (Å²) in [7, 11) is 0. The zero-order valence-corrected chi connectivity index (χ0v) is 16.7. The smallest absolute Gasteiger partial charge is 0.161 e. The number of hydrogen-bond acceptors (Lipinski definition) is 4. The predicted octanol–water partition coefficient (Wildman–Crippen LogP) is 5.93. The van der Waals surface area contributed by atoms with Gasteiger partial charge in [-0.15, -0.1) is 11.3 Å². The van der Waals surface area contributed by atoms with Crippen molar-refractivity contribution in [2.45, 2.75) is 71.1 Å². The van der Waals surface area contributed by atoms with Gasteiger partial charge in [0.1, 0.15) is 6.61 Å². The molecule has 0 aliphatic heterocycles. The highest BCUT2D eigenvalue weighted by Crippen LogP contribution is 2.30. The zero-order valence-electron chi connectivity index (χ0n) is 15.8. The van der Waals surface area contributed by atoms with E-state index in [9.17, 15) is 0 Å². The van der Waals surface area contributed by atoms with Crippen LogP contribution in [0.15, 0.2) is 35.7 Å². The first-order valence-electron chi connectivity index (χ1n) is 9.99. The second kappa shape index (κ2) is 10.6. The lowest BCUT2D eigenvalue weighted by Gasteiger charge is -2.21. The van der Waals surface area contributed by atoms with E-state index >= 15 is 0 Å². The first-order valence-corrected chi connectivity index (χ1v) is 10.9. The molecule has 1 aromatic carbocycles. The third-order valence-corrected chi connectivity index (χ3v) is 5.81. The molecule has 1 aliphatic carbocycles. The Kier molecular flexibility index (Phi) is 7.84. The molecule has 0 bridgehead atoms. The van der Waals surface area contributed by atoms with Gasteiger partial charge in [0.2, 0.25) is 0 Å². The van der Waals surface area contributed by atoms with Gasteiger partial charge in [0, 0.05) is 17.5 Å². The summed E-state index contributed by atoms with van der Waals surface area (Å²) in [6.45, 7) is 4.16. The minimum atomic E-state index is 0.595. The summed E-state index contributed by atoms with van der Waals surface area (Å²) in [4.78, 5) is 1.22. The van der Waals surface area contributed by atoms with Crippen LogP contribution in [0.4, 0.5) is 0 Å². The third-order valence-electron chi connectivity index (χ3n) is 4.96. The van der Waals surface area contributed by atoms with Crippen LogP contribution in [0, 0.1) is 0 Å². The normalized spacial score (nSPS) is 16.0. The van der Waals surface area contributed by atoms with Gasteiger partial charge in [-0.2, -0.15) is 0 Å². The highest BCUT2D eigenvalue weighted by Gasteiger charge is 2.12. The van der Waals surface area contributed by atoms with Gasteiger partial charge in [0.05, 0.1) is 6.61 Å². The molecule has 142 valence electrons. The monoisotopic (exact) mass is 373 g/mol. The van der Waals surface area contributed by atoms with Crippen molar-refractivity contribution >= 4 is 11.3 Å². The molecule has 1 fully saturated rings. The molecule has 2 aromatic rings. The fourth-order valence-electron chi connectivity index (χ4n) is 3.52. The Morgan fingerprint density at radius 3 is 2.54 bits per heavy atom. The lowest BCUT2D eigenvalue weighted by molar-refractivity contribution is 0.271. The van der Waals surface area contributed by atoms with E-state index in [1.54, 1.807) is 11.3 Å². The summed E-state index contributed by atoms with van der Waals surface area (Å²) in [5.41, 5.74) is 1.26. The second-order valence-corrected chi connectivity index (χ2v) is 8.04. The fraction of sp³-hybridized carbons (Fsp3) is 0.545. The molecule has 0 amide bonds. The Morgan fingerprint density at radius 1 is 1.00 bits per heavy atom. The minimum absolute atomic E-state index is 0.595. The lowest BCUT2D eigenvalue weighted by Crippen LogP contribution is -2.29. The van der Waals surface area contributed by atoms with Gasteiger partial charge in [-0.05, 0) is 48.9 Å². The Balaban J connectivity index is 1.57. The van der Waals surface area contributed by atoms with E-state index in [0.717, 1.165) is 18.0 Å². The van der Waals surface area contributed by atoms with Crippen molar-refractivity contribution in [1.82, 2.24) is 5.32 Å². The van der Waals surface area contributed by atoms with Crippen LogP contribution in [0.1, 0.15) is 62.3 Å². The van der Waals surface area contributed by atoms with Crippen molar-refractivity contribution in [1.29, 1.82) is 0 Å². The molecule has 0 radical (unpaired) electrons. The van der Waals surface area contributed by atoms with Crippen LogP contribution in [0.3, 0.4) is 0 Å².